The number of hydrogen-bond acceptors (Lipinski definition) is 1. The first-order valence-corrected chi connectivity index (χ1v) is 7.99. The molecule has 1 nitrogen and oxygen atoms in total. The second kappa shape index (κ2) is 4.91. The highest BCUT2D eigenvalue weighted by Gasteiger charge is 2.55. The van der Waals surface area contributed by atoms with E-state index in [9.17, 15) is 5.11 Å². The zero-order chi connectivity index (χ0) is 11.8. The van der Waals surface area contributed by atoms with Crippen LogP contribution >= 0.6 is 0 Å². The van der Waals surface area contributed by atoms with Crippen LogP contribution in [0.25, 0.3) is 0 Å². The van der Waals surface area contributed by atoms with Crippen LogP contribution in [0, 0.1) is 29.6 Å². The molecule has 0 heterocycles. The monoisotopic (exact) mass is 236 g/mol. The normalized spacial score (nSPS) is 47.3. The van der Waals surface area contributed by atoms with Crippen molar-refractivity contribution in [2.45, 2.75) is 70.8 Å². The SMILES string of the molecule is CCC1CCCC(C(O)C2C3CCCCC32)C1. The van der Waals surface area contributed by atoms with Gasteiger partial charge in [-0.15, -0.1) is 0 Å². The average Bonchev–Trinajstić information content (AvgIpc) is 3.12. The van der Waals surface area contributed by atoms with E-state index in [1.54, 1.807) is 0 Å². The lowest BCUT2D eigenvalue weighted by Gasteiger charge is -2.32. The van der Waals surface area contributed by atoms with Gasteiger partial charge in [-0.05, 0) is 55.3 Å². The molecule has 98 valence electrons. The van der Waals surface area contributed by atoms with Crippen LogP contribution in [0.4, 0.5) is 0 Å². The number of aliphatic hydroxyl groups excluding tert-OH is 1. The molecule has 1 heteroatoms. The third-order valence-corrected chi connectivity index (χ3v) is 6.00. The lowest BCUT2D eigenvalue weighted by molar-refractivity contribution is 0.0440. The molecule has 0 aliphatic heterocycles. The Bertz CT molecular complexity index is 250. The summed E-state index contributed by atoms with van der Waals surface area (Å²) in [5.74, 6) is 4.09. The molecule has 3 aliphatic carbocycles. The Kier molecular flexibility index (Phi) is 3.47. The number of fused-ring (bicyclic) bond motifs is 1. The first kappa shape index (κ1) is 12.0. The van der Waals surface area contributed by atoms with E-state index in [2.05, 4.69) is 6.92 Å². The minimum Gasteiger partial charge on any atom is -0.393 e. The third kappa shape index (κ3) is 2.28. The van der Waals surface area contributed by atoms with Gasteiger partial charge in [-0.1, -0.05) is 39.0 Å². The molecule has 5 unspecified atom stereocenters. The van der Waals surface area contributed by atoms with E-state index in [0.29, 0.717) is 11.8 Å². The molecule has 3 fully saturated rings. The summed E-state index contributed by atoms with van der Waals surface area (Å²) in [6, 6.07) is 0. The maximum atomic E-state index is 10.7. The van der Waals surface area contributed by atoms with Gasteiger partial charge in [0.15, 0.2) is 0 Å². The van der Waals surface area contributed by atoms with Crippen molar-refractivity contribution < 1.29 is 5.11 Å². The molecule has 0 radical (unpaired) electrons. The van der Waals surface area contributed by atoms with Gasteiger partial charge >= 0.3 is 0 Å². The molecule has 3 aliphatic rings. The summed E-state index contributed by atoms with van der Waals surface area (Å²) in [6.45, 7) is 2.32. The first-order chi connectivity index (χ1) is 8.31. The van der Waals surface area contributed by atoms with Crippen LogP contribution in [0.3, 0.4) is 0 Å². The summed E-state index contributed by atoms with van der Waals surface area (Å²) in [7, 11) is 0. The van der Waals surface area contributed by atoms with E-state index >= 15 is 0 Å². The molecule has 0 aromatic rings. The molecule has 0 aromatic heterocycles. The van der Waals surface area contributed by atoms with Gasteiger partial charge in [-0.3, -0.25) is 0 Å². The molecule has 0 bridgehead atoms. The van der Waals surface area contributed by atoms with Crippen LogP contribution in [0.1, 0.15) is 64.7 Å². The van der Waals surface area contributed by atoms with Gasteiger partial charge in [0.2, 0.25) is 0 Å². The van der Waals surface area contributed by atoms with Crippen molar-refractivity contribution in [2.24, 2.45) is 29.6 Å². The van der Waals surface area contributed by atoms with Gasteiger partial charge in [0, 0.05) is 0 Å². The number of rotatable bonds is 3. The Hall–Kier alpha value is -0.0400. The molecule has 3 rings (SSSR count). The Morgan fingerprint density at radius 1 is 1.00 bits per heavy atom. The van der Waals surface area contributed by atoms with Gasteiger partial charge < -0.3 is 5.11 Å². The van der Waals surface area contributed by atoms with Crippen LogP contribution in [-0.2, 0) is 0 Å². The highest BCUT2D eigenvalue weighted by atomic mass is 16.3. The van der Waals surface area contributed by atoms with Gasteiger partial charge in [0.25, 0.3) is 0 Å². The Labute approximate surface area is 106 Å². The topological polar surface area (TPSA) is 20.2 Å². The average molecular weight is 236 g/mol. The van der Waals surface area contributed by atoms with Gasteiger partial charge in [-0.2, -0.15) is 0 Å². The lowest BCUT2D eigenvalue weighted by Crippen LogP contribution is -2.29. The molecule has 5 atom stereocenters. The minimum absolute atomic E-state index is 0.0532. The van der Waals surface area contributed by atoms with E-state index in [-0.39, 0.29) is 6.10 Å². The van der Waals surface area contributed by atoms with Crippen LogP contribution in [-0.4, -0.2) is 11.2 Å². The summed E-state index contributed by atoms with van der Waals surface area (Å²) in [5, 5.41) is 10.7. The summed E-state index contributed by atoms with van der Waals surface area (Å²) in [5.41, 5.74) is 0. The van der Waals surface area contributed by atoms with E-state index in [0.717, 1.165) is 17.8 Å². The Morgan fingerprint density at radius 2 is 1.71 bits per heavy atom. The Morgan fingerprint density at radius 3 is 2.35 bits per heavy atom. The Balaban J connectivity index is 1.57. The van der Waals surface area contributed by atoms with E-state index in [1.807, 2.05) is 0 Å². The van der Waals surface area contributed by atoms with Gasteiger partial charge in [0.1, 0.15) is 0 Å². The zero-order valence-electron chi connectivity index (χ0n) is 11.3. The maximum Gasteiger partial charge on any atom is 0.0602 e. The fourth-order valence-electron chi connectivity index (χ4n) is 4.88. The molecule has 0 amide bonds. The zero-order valence-corrected chi connectivity index (χ0v) is 11.3. The number of aliphatic hydroxyl groups is 1. The lowest BCUT2D eigenvalue weighted by atomic mass is 9.76. The number of hydrogen-bond donors (Lipinski definition) is 1. The van der Waals surface area contributed by atoms with E-state index < -0.39 is 0 Å². The molecular formula is C16H28O. The van der Waals surface area contributed by atoms with Crippen molar-refractivity contribution in [3.8, 4) is 0 Å². The highest BCUT2D eigenvalue weighted by molar-refractivity contribution is 5.04. The van der Waals surface area contributed by atoms with Crippen molar-refractivity contribution in [2.75, 3.05) is 0 Å². The molecule has 0 spiro atoms. The van der Waals surface area contributed by atoms with Crippen LogP contribution in [0.5, 0.6) is 0 Å². The van der Waals surface area contributed by atoms with Crippen molar-refractivity contribution >= 4 is 0 Å². The van der Waals surface area contributed by atoms with E-state index in [1.165, 1.54) is 57.8 Å². The molecular weight excluding hydrogens is 208 g/mol. The van der Waals surface area contributed by atoms with Crippen molar-refractivity contribution in [3.63, 3.8) is 0 Å². The standard InChI is InChI=1S/C16H28O/c1-2-11-6-5-7-12(10-11)16(17)15-13-8-3-4-9-14(13)15/h11-17H,2-10H2,1H3. The summed E-state index contributed by atoms with van der Waals surface area (Å²) >= 11 is 0. The minimum atomic E-state index is 0.0532. The fraction of sp³-hybridized carbons (Fsp3) is 1.00. The summed E-state index contributed by atoms with van der Waals surface area (Å²) in [4.78, 5) is 0. The molecule has 17 heavy (non-hydrogen) atoms. The predicted octanol–water partition coefficient (Wildman–Crippen LogP) is 4.00. The van der Waals surface area contributed by atoms with Crippen molar-refractivity contribution in [1.82, 2.24) is 0 Å². The fourth-order valence-corrected chi connectivity index (χ4v) is 4.88. The van der Waals surface area contributed by atoms with Gasteiger partial charge in [0.05, 0.1) is 6.10 Å². The van der Waals surface area contributed by atoms with Crippen LogP contribution in [0.15, 0.2) is 0 Å². The second-order valence-electron chi connectivity index (χ2n) is 6.88. The summed E-state index contributed by atoms with van der Waals surface area (Å²) < 4.78 is 0. The third-order valence-electron chi connectivity index (χ3n) is 6.00. The van der Waals surface area contributed by atoms with Crippen molar-refractivity contribution in [1.29, 1.82) is 0 Å². The molecule has 3 saturated carbocycles. The van der Waals surface area contributed by atoms with E-state index in [4.69, 9.17) is 0 Å². The molecule has 0 aromatic carbocycles. The summed E-state index contributed by atoms with van der Waals surface area (Å²) in [6.07, 6.45) is 12.4. The first-order valence-electron chi connectivity index (χ1n) is 7.99. The predicted molar refractivity (Wildman–Crippen MR) is 70.7 cm³/mol. The van der Waals surface area contributed by atoms with Crippen LogP contribution in [0.2, 0.25) is 0 Å². The maximum absolute atomic E-state index is 10.7. The largest absolute Gasteiger partial charge is 0.393 e. The molecule has 1 N–H and O–H groups in total. The molecule has 0 saturated heterocycles. The second-order valence-corrected chi connectivity index (χ2v) is 6.88. The smallest absolute Gasteiger partial charge is 0.0602 e. The van der Waals surface area contributed by atoms with Crippen LogP contribution < -0.4 is 0 Å². The van der Waals surface area contributed by atoms with Crippen molar-refractivity contribution in [3.05, 3.63) is 0 Å². The van der Waals surface area contributed by atoms with Gasteiger partial charge in [-0.25, -0.2) is 0 Å². The highest BCUT2D eigenvalue weighted by Crippen LogP contribution is 2.58. The quantitative estimate of drug-likeness (QED) is 0.785.